The van der Waals surface area contributed by atoms with Crippen LogP contribution in [0.1, 0.15) is 0 Å². The third-order valence-electron chi connectivity index (χ3n) is 4.74. The molecule has 28 heavy (non-hydrogen) atoms. The van der Waals surface area contributed by atoms with Crippen LogP contribution in [0.25, 0.3) is 0 Å². The van der Waals surface area contributed by atoms with E-state index in [9.17, 15) is 0 Å². The van der Waals surface area contributed by atoms with Crippen molar-refractivity contribution in [3.05, 3.63) is 84.9 Å². The van der Waals surface area contributed by atoms with E-state index in [4.69, 9.17) is 0 Å². The molecule has 0 saturated heterocycles. The maximum atomic E-state index is 2.79. The third-order valence-corrected chi connectivity index (χ3v) is 14.4. The standard InChI is InChI=1S/C24H32NPSi2/c1-27(2,3)25(28(4,5)6)21-17-19-24(20-18-21)26(22-13-9-7-10-14-22)23-15-11-8-12-16-23/h7-20H,1-6H3. The number of benzene rings is 3. The Morgan fingerprint density at radius 3 is 1.21 bits per heavy atom. The highest BCUT2D eigenvalue weighted by molar-refractivity contribution is 7.79. The summed E-state index contributed by atoms with van der Waals surface area (Å²) in [5.41, 5.74) is 1.40. The monoisotopic (exact) mass is 421 g/mol. The Morgan fingerprint density at radius 1 is 0.500 bits per heavy atom. The molecular weight excluding hydrogens is 389 g/mol. The fourth-order valence-corrected chi connectivity index (χ4v) is 16.3. The second-order valence-electron chi connectivity index (χ2n) is 9.20. The average molecular weight is 422 g/mol. The molecule has 0 heterocycles. The smallest absolute Gasteiger partial charge is 0.138 e. The van der Waals surface area contributed by atoms with Crippen LogP contribution in [-0.4, -0.2) is 16.5 Å². The lowest BCUT2D eigenvalue weighted by molar-refractivity contribution is 1.36. The van der Waals surface area contributed by atoms with Crippen molar-refractivity contribution in [2.45, 2.75) is 39.3 Å². The SMILES string of the molecule is C[Si](C)(C)N(c1ccc(P(c2ccccc2)c2ccccc2)cc1)[Si](C)(C)C. The summed E-state index contributed by atoms with van der Waals surface area (Å²) in [6.45, 7) is 14.7. The molecule has 0 atom stereocenters. The van der Waals surface area contributed by atoms with Crippen molar-refractivity contribution in [3.8, 4) is 0 Å². The number of hydrogen-bond acceptors (Lipinski definition) is 1. The maximum Gasteiger partial charge on any atom is 0.138 e. The summed E-state index contributed by atoms with van der Waals surface area (Å²) in [6.07, 6.45) is 0. The van der Waals surface area contributed by atoms with Gasteiger partial charge in [0, 0.05) is 5.69 Å². The van der Waals surface area contributed by atoms with E-state index >= 15 is 0 Å². The molecule has 0 aliphatic heterocycles. The fourth-order valence-electron chi connectivity index (χ4n) is 4.13. The number of rotatable bonds is 6. The zero-order valence-corrected chi connectivity index (χ0v) is 20.9. The van der Waals surface area contributed by atoms with Crippen LogP contribution >= 0.6 is 7.92 Å². The predicted octanol–water partition coefficient (Wildman–Crippen LogP) is 5.92. The minimum absolute atomic E-state index is 0.530. The van der Waals surface area contributed by atoms with Gasteiger partial charge in [-0.15, -0.1) is 0 Å². The number of nitrogens with zero attached hydrogens (tertiary/aromatic N) is 1. The van der Waals surface area contributed by atoms with Gasteiger partial charge in [-0.2, -0.15) is 0 Å². The Kier molecular flexibility index (Phi) is 6.29. The third kappa shape index (κ3) is 4.83. The first-order chi connectivity index (χ1) is 13.2. The molecule has 0 spiro atoms. The van der Waals surface area contributed by atoms with Gasteiger partial charge in [0.05, 0.1) is 0 Å². The van der Waals surface area contributed by atoms with Crippen molar-refractivity contribution in [1.29, 1.82) is 0 Å². The van der Waals surface area contributed by atoms with Gasteiger partial charge in [-0.1, -0.05) is 112 Å². The lowest BCUT2D eigenvalue weighted by Crippen LogP contribution is -2.59. The molecule has 0 saturated carbocycles. The highest BCUT2D eigenvalue weighted by Crippen LogP contribution is 2.34. The van der Waals surface area contributed by atoms with Gasteiger partial charge < -0.3 is 4.23 Å². The van der Waals surface area contributed by atoms with Gasteiger partial charge in [-0.3, -0.25) is 0 Å². The van der Waals surface area contributed by atoms with E-state index in [1.807, 2.05) is 0 Å². The predicted molar refractivity (Wildman–Crippen MR) is 134 cm³/mol. The molecule has 0 radical (unpaired) electrons. The average Bonchev–Trinajstić information content (AvgIpc) is 2.63. The summed E-state index contributed by atoms with van der Waals surface area (Å²) in [7, 11) is -3.40. The first-order valence-corrected chi connectivity index (χ1v) is 18.2. The molecule has 0 aliphatic carbocycles. The first kappa shape index (κ1) is 21.0. The van der Waals surface area contributed by atoms with Crippen LogP contribution in [-0.2, 0) is 0 Å². The van der Waals surface area contributed by atoms with Crippen LogP contribution in [0.15, 0.2) is 84.9 Å². The molecule has 1 nitrogen and oxygen atoms in total. The molecule has 0 aromatic heterocycles. The van der Waals surface area contributed by atoms with Gasteiger partial charge in [0.15, 0.2) is 0 Å². The Morgan fingerprint density at radius 2 is 0.857 bits per heavy atom. The van der Waals surface area contributed by atoms with Gasteiger partial charge in [-0.05, 0) is 36.0 Å². The van der Waals surface area contributed by atoms with E-state index in [1.165, 1.54) is 21.6 Å². The maximum absolute atomic E-state index is 2.79. The lowest BCUT2D eigenvalue weighted by Gasteiger charge is -2.46. The van der Waals surface area contributed by atoms with Crippen LogP contribution in [0.4, 0.5) is 5.69 Å². The topological polar surface area (TPSA) is 3.24 Å². The molecule has 146 valence electrons. The van der Waals surface area contributed by atoms with Crippen molar-refractivity contribution < 1.29 is 0 Å². The summed E-state index contributed by atoms with van der Waals surface area (Å²) < 4.78 is 2.79. The van der Waals surface area contributed by atoms with Gasteiger partial charge in [0.1, 0.15) is 16.5 Å². The Hall–Kier alpha value is -1.68. The molecule has 3 aromatic rings. The summed E-state index contributed by atoms with van der Waals surface area (Å²) >= 11 is 0. The minimum atomic E-state index is -1.43. The molecule has 0 unspecified atom stereocenters. The first-order valence-electron chi connectivity index (χ1n) is 9.98. The van der Waals surface area contributed by atoms with Crippen molar-refractivity contribution in [2.75, 3.05) is 4.23 Å². The summed E-state index contributed by atoms with van der Waals surface area (Å²) in [5.74, 6) is 0. The molecule has 3 rings (SSSR count). The molecule has 0 fully saturated rings. The van der Waals surface area contributed by atoms with Crippen molar-refractivity contribution in [3.63, 3.8) is 0 Å². The Bertz CT molecular complexity index is 828. The van der Waals surface area contributed by atoms with E-state index in [1.54, 1.807) is 0 Å². The van der Waals surface area contributed by atoms with Gasteiger partial charge in [0.2, 0.25) is 0 Å². The minimum Gasteiger partial charge on any atom is -0.425 e. The molecule has 0 amide bonds. The van der Waals surface area contributed by atoms with E-state index in [0.29, 0.717) is 0 Å². The molecule has 0 bridgehead atoms. The fraction of sp³-hybridized carbons (Fsp3) is 0.250. The van der Waals surface area contributed by atoms with Crippen molar-refractivity contribution >= 4 is 46.0 Å². The van der Waals surface area contributed by atoms with E-state index in [-0.39, 0.29) is 0 Å². The second kappa shape index (κ2) is 8.36. The van der Waals surface area contributed by atoms with Gasteiger partial charge in [0.25, 0.3) is 0 Å². The summed E-state index contributed by atoms with van der Waals surface area (Å²) in [4.78, 5) is 0. The normalized spacial score (nSPS) is 12.2. The zero-order chi connectivity index (χ0) is 20.4. The van der Waals surface area contributed by atoms with Crippen LogP contribution in [0.2, 0.25) is 39.3 Å². The second-order valence-corrected chi connectivity index (χ2v) is 21.4. The quantitative estimate of drug-likeness (QED) is 0.353. The molecule has 4 heteroatoms. The lowest BCUT2D eigenvalue weighted by atomic mass is 10.3. The van der Waals surface area contributed by atoms with Crippen molar-refractivity contribution in [2.24, 2.45) is 0 Å². The highest BCUT2D eigenvalue weighted by Gasteiger charge is 2.34. The van der Waals surface area contributed by atoms with E-state index in [2.05, 4.69) is 128 Å². The summed E-state index contributed by atoms with van der Waals surface area (Å²) in [5, 5.41) is 4.23. The number of hydrogen-bond donors (Lipinski definition) is 0. The summed E-state index contributed by atoms with van der Waals surface area (Å²) in [6, 6.07) is 31.4. The van der Waals surface area contributed by atoms with Gasteiger partial charge >= 0.3 is 0 Å². The van der Waals surface area contributed by atoms with E-state index < -0.39 is 24.4 Å². The number of anilines is 1. The zero-order valence-electron chi connectivity index (χ0n) is 18.0. The largest absolute Gasteiger partial charge is 0.425 e. The molecule has 0 aliphatic rings. The Labute approximate surface area is 174 Å². The van der Waals surface area contributed by atoms with Crippen molar-refractivity contribution in [1.82, 2.24) is 0 Å². The molecular formula is C24H32NPSi2. The van der Waals surface area contributed by atoms with Crippen LogP contribution in [0.3, 0.4) is 0 Å². The molecule has 0 N–H and O–H groups in total. The van der Waals surface area contributed by atoms with E-state index in [0.717, 1.165) is 0 Å². The van der Waals surface area contributed by atoms with Gasteiger partial charge in [-0.25, -0.2) is 0 Å². The Balaban J connectivity index is 2.04. The molecule has 3 aromatic carbocycles. The van der Waals surface area contributed by atoms with Crippen LogP contribution in [0.5, 0.6) is 0 Å². The highest BCUT2D eigenvalue weighted by atomic mass is 31.1. The van der Waals surface area contributed by atoms with Crippen LogP contribution < -0.4 is 20.1 Å². The van der Waals surface area contributed by atoms with Crippen LogP contribution in [0, 0.1) is 0 Å².